The van der Waals surface area contributed by atoms with E-state index in [1.807, 2.05) is 36.2 Å². The van der Waals surface area contributed by atoms with Crippen LogP contribution in [-0.4, -0.2) is 30.1 Å². The number of carbonyl (C=O) groups excluding carboxylic acids is 1. The van der Waals surface area contributed by atoms with Crippen molar-refractivity contribution in [3.8, 4) is 0 Å². The van der Waals surface area contributed by atoms with E-state index in [9.17, 15) is 4.79 Å². The van der Waals surface area contributed by atoms with Gasteiger partial charge in [-0.3, -0.25) is 4.90 Å². The summed E-state index contributed by atoms with van der Waals surface area (Å²) in [5, 5.41) is 0. The molecule has 0 aromatic heterocycles. The van der Waals surface area contributed by atoms with E-state index >= 15 is 0 Å². The van der Waals surface area contributed by atoms with Crippen LogP contribution in [-0.2, 0) is 0 Å². The second-order valence-corrected chi connectivity index (χ2v) is 5.63. The van der Waals surface area contributed by atoms with Crippen LogP contribution < -0.4 is 4.90 Å². The predicted octanol–water partition coefficient (Wildman–Crippen LogP) is 3.10. The summed E-state index contributed by atoms with van der Waals surface area (Å²) >= 11 is 3.39. The van der Waals surface area contributed by atoms with Crippen LogP contribution in [0.3, 0.4) is 0 Å². The summed E-state index contributed by atoms with van der Waals surface area (Å²) in [6, 6.07) is 7.88. The first kappa shape index (κ1) is 11.5. The Labute approximate surface area is 104 Å². The highest BCUT2D eigenvalue weighted by atomic mass is 79.9. The molecule has 2 rings (SSSR count). The lowest BCUT2D eigenvalue weighted by Gasteiger charge is -2.24. The number of amides is 2. The summed E-state index contributed by atoms with van der Waals surface area (Å²) in [6.07, 6.45) is 0. The maximum Gasteiger partial charge on any atom is 0.324 e. The van der Waals surface area contributed by atoms with Gasteiger partial charge in [-0.05, 0) is 38.1 Å². The smallest absolute Gasteiger partial charge is 0.320 e. The quantitative estimate of drug-likeness (QED) is 0.777. The normalized spacial score (nSPS) is 19.4. The van der Waals surface area contributed by atoms with E-state index in [0.29, 0.717) is 0 Å². The lowest BCUT2D eigenvalue weighted by molar-refractivity contribution is 0.198. The van der Waals surface area contributed by atoms with E-state index in [4.69, 9.17) is 0 Å². The van der Waals surface area contributed by atoms with E-state index in [1.54, 1.807) is 4.90 Å². The summed E-state index contributed by atoms with van der Waals surface area (Å²) in [5.41, 5.74) is 0.843. The Morgan fingerprint density at radius 3 is 2.25 bits per heavy atom. The Morgan fingerprint density at radius 1 is 1.25 bits per heavy atom. The summed E-state index contributed by atoms with van der Waals surface area (Å²) in [7, 11) is 1.85. The van der Waals surface area contributed by atoms with Crippen LogP contribution in [0.5, 0.6) is 0 Å². The molecule has 1 aliphatic rings. The first-order valence-corrected chi connectivity index (χ1v) is 6.02. The zero-order valence-corrected chi connectivity index (χ0v) is 11.3. The van der Waals surface area contributed by atoms with Crippen LogP contribution >= 0.6 is 15.9 Å². The Bertz CT molecular complexity index is 414. The van der Waals surface area contributed by atoms with E-state index < -0.39 is 0 Å². The largest absolute Gasteiger partial charge is 0.324 e. The van der Waals surface area contributed by atoms with Crippen molar-refractivity contribution in [2.24, 2.45) is 0 Å². The van der Waals surface area contributed by atoms with E-state index in [2.05, 4.69) is 29.8 Å². The number of rotatable bonds is 1. The van der Waals surface area contributed by atoms with Gasteiger partial charge in [0.25, 0.3) is 0 Å². The minimum atomic E-state index is -0.107. The van der Waals surface area contributed by atoms with E-state index in [-0.39, 0.29) is 11.6 Å². The standard InChI is InChI=1S/C12H15BrN2O/c1-12(2)8-15(11(16)14(12)3)10-6-4-9(13)5-7-10/h4-7H,8H2,1-3H3. The summed E-state index contributed by atoms with van der Waals surface area (Å²) < 4.78 is 1.02. The third-order valence-electron chi connectivity index (χ3n) is 3.11. The fourth-order valence-electron chi connectivity index (χ4n) is 1.82. The van der Waals surface area contributed by atoms with Gasteiger partial charge in [0, 0.05) is 17.2 Å². The van der Waals surface area contributed by atoms with Crippen molar-refractivity contribution in [1.82, 2.24) is 4.90 Å². The van der Waals surface area contributed by atoms with Gasteiger partial charge in [-0.25, -0.2) is 4.79 Å². The van der Waals surface area contributed by atoms with Gasteiger partial charge in [-0.15, -0.1) is 0 Å². The molecule has 0 atom stereocenters. The fourth-order valence-corrected chi connectivity index (χ4v) is 2.09. The highest BCUT2D eigenvalue weighted by molar-refractivity contribution is 9.10. The van der Waals surface area contributed by atoms with Gasteiger partial charge in [0.15, 0.2) is 0 Å². The van der Waals surface area contributed by atoms with Crippen molar-refractivity contribution >= 4 is 27.6 Å². The molecule has 2 amide bonds. The predicted molar refractivity (Wildman–Crippen MR) is 68.7 cm³/mol. The minimum absolute atomic E-state index is 0.0623. The van der Waals surface area contributed by atoms with Crippen LogP contribution in [0.4, 0.5) is 10.5 Å². The molecule has 0 saturated carbocycles. The second-order valence-electron chi connectivity index (χ2n) is 4.72. The molecule has 0 bridgehead atoms. The molecule has 1 aliphatic heterocycles. The molecule has 0 aliphatic carbocycles. The number of urea groups is 1. The molecule has 0 N–H and O–H groups in total. The molecule has 4 heteroatoms. The average molecular weight is 283 g/mol. The summed E-state index contributed by atoms with van der Waals surface area (Å²) in [4.78, 5) is 15.6. The summed E-state index contributed by atoms with van der Waals surface area (Å²) in [6.45, 7) is 4.87. The molecule has 1 aromatic rings. The van der Waals surface area contributed by atoms with Crippen molar-refractivity contribution in [3.63, 3.8) is 0 Å². The molecule has 0 spiro atoms. The molecule has 3 nitrogen and oxygen atoms in total. The Kier molecular flexibility index (Phi) is 2.70. The van der Waals surface area contributed by atoms with Crippen LogP contribution in [0, 0.1) is 0 Å². The second kappa shape index (κ2) is 3.77. The summed E-state index contributed by atoms with van der Waals surface area (Å²) in [5.74, 6) is 0. The maximum atomic E-state index is 12.0. The number of halogens is 1. The maximum absolute atomic E-state index is 12.0. The molecule has 86 valence electrons. The van der Waals surface area contributed by atoms with Crippen molar-refractivity contribution in [2.75, 3.05) is 18.5 Å². The highest BCUT2D eigenvalue weighted by Gasteiger charge is 2.41. The van der Waals surface area contributed by atoms with Gasteiger partial charge >= 0.3 is 6.03 Å². The highest BCUT2D eigenvalue weighted by Crippen LogP contribution is 2.29. The number of carbonyl (C=O) groups is 1. The monoisotopic (exact) mass is 282 g/mol. The van der Waals surface area contributed by atoms with Crippen LogP contribution in [0.2, 0.25) is 0 Å². The molecular weight excluding hydrogens is 268 g/mol. The zero-order chi connectivity index (χ0) is 11.9. The molecule has 0 radical (unpaired) electrons. The van der Waals surface area contributed by atoms with Crippen molar-refractivity contribution in [3.05, 3.63) is 28.7 Å². The third kappa shape index (κ3) is 1.82. The topological polar surface area (TPSA) is 23.6 Å². The van der Waals surface area contributed by atoms with Crippen LogP contribution in [0.25, 0.3) is 0 Å². The van der Waals surface area contributed by atoms with Crippen molar-refractivity contribution < 1.29 is 4.79 Å². The number of hydrogen-bond donors (Lipinski definition) is 0. The number of likely N-dealkylation sites (N-methyl/N-ethyl adjacent to an activating group) is 1. The molecule has 1 aromatic carbocycles. The van der Waals surface area contributed by atoms with Gasteiger partial charge in [0.2, 0.25) is 0 Å². The van der Waals surface area contributed by atoms with Gasteiger partial charge in [-0.1, -0.05) is 15.9 Å². The molecule has 1 fully saturated rings. The molecule has 1 heterocycles. The van der Waals surface area contributed by atoms with Gasteiger partial charge in [-0.2, -0.15) is 0 Å². The molecule has 16 heavy (non-hydrogen) atoms. The Balaban J connectivity index is 2.30. The first-order valence-electron chi connectivity index (χ1n) is 5.23. The van der Waals surface area contributed by atoms with Gasteiger partial charge in [0.05, 0.1) is 12.1 Å². The Morgan fingerprint density at radius 2 is 1.81 bits per heavy atom. The number of benzene rings is 1. The first-order chi connectivity index (χ1) is 7.42. The van der Waals surface area contributed by atoms with E-state index in [0.717, 1.165) is 16.7 Å². The van der Waals surface area contributed by atoms with Crippen LogP contribution in [0.15, 0.2) is 28.7 Å². The number of anilines is 1. The average Bonchev–Trinajstić information content (AvgIpc) is 2.44. The Hall–Kier alpha value is -1.03. The zero-order valence-electron chi connectivity index (χ0n) is 9.70. The minimum Gasteiger partial charge on any atom is -0.320 e. The SMILES string of the molecule is CN1C(=O)N(c2ccc(Br)cc2)CC1(C)C. The van der Waals surface area contributed by atoms with Gasteiger partial charge in [0.1, 0.15) is 0 Å². The molecule has 1 saturated heterocycles. The van der Waals surface area contributed by atoms with Crippen molar-refractivity contribution in [1.29, 1.82) is 0 Å². The van der Waals surface area contributed by atoms with Crippen molar-refractivity contribution in [2.45, 2.75) is 19.4 Å². The van der Waals surface area contributed by atoms with E-state index in [1.165, 1.54) is 0 Å². The lowest BCUT2D eigenvalue weighted by Crippen LogP contribution is -2.38. The fraction of sp³-hybridized carbons (Fsp3) is 0.417. The number of hydrogen-bond acceptors (Lipinski definition) is 1. The van der Waals surface area contributed by atoms with Crippen LogP contribution in [0.1, 0.15) is 13.8 Å². The van der Waals surface area contributed by atoms with Gasteiger partial charge < -0.3 is 4.90 Å². The molecule has 0 unspecified atom stereocenters. The molecular formula is C12H15BrN2O. The number of nitrogens with zero attached hydrogens (tertiary/aromatic N) is 2. The third-order valence-corrected chi connectivity index (χ3v) is 3.64. The lowest BCUT2D eigenvalue weighted by atomic mass is 10.1.